The summed E-state index contributed by atoms with van der Waals surface area (Å²) in [6.45, 7) is 5.54. The molecule has 1 fully saturated rings. The van der Waals surface area contributed by atoms with Crippen LogP contribution in [0.4, 0.5) is 5.82 Å². The van der Waals surface area contributed by atoms with Crippen molar-refractivity contribution in [2.45, 2.75) is 38.8 Å². The van der Waals surface area contributed by atoms with E-state index >= 15 is 0 Å². The van der Waals surface area contributed by atoms with Gasteiger partial charge in [-0.1, -0.05) is 6.92 Å². The third kappa shape index (κ3) is 3.70. The fourth-order valence-electron chi connectivity index (χ4n) is 2.16. The number of hydrogen-bond acceptors (Lipinski definition) is 4. The molecule has 5 nitrogen and oxygen atoms in total. The highest BCUT2D eigenvalue weighted by Crippen LogP contribution is 2.20. The Labute approximate surface area is 127 Å². The molecule has 2 heterocycles. The molecule has 2 rings (SSSR count). The maximum atomic E-state index is 12.4. The van der Waals surface area contributed by atoms with Crippen molar-refractivity contribution in [2.24, 2.45) is 0 Å². The van der Waals surface area contributed by atoms with Crippen LogP contribution in [0.25, 0.3) is 0 Å². The van der Waals surface area contributed by atoms with E-state index in [4.69, 9.17) is 4.74 Å². The number of ether oxygens (including phenoxy) is 1. The van der Waals surface area contributed by atoms with E-state index in [0.717, 1.165) is 23.9 Å². The van der Waals surface area contributed by atoms with Crippen LogP contribution in [0.15, 0.2) is 16.7 Å². The summed E-state index contributed by atoms with van der Waals surface area (Å²) in [7, 11) is 0. The van der Waals surface area contributed by atoms with E-state index < -0.39 is 0 Å². The first-order valence-corrected chi connectivity index (χ1v) is 7.73. The molecule has 1 aliphatic rings. The maximum Gasteiger partial charge on any atom is 0.255 e. The molecule has 0 spiro atoms. The smallest absolute Gasteiger partial charge is 0.255 e. The average molecular weight is 342 g/mol. The Kier molecular flexibility index (Phi) is 5.37. The number of hydrogen-bond donors (Lipinski definition) is 2. The molecule has 2 N–H and O–H groups in total. The molecule has 0 saturated carbocycles. The highest BCUT2D eigenvalue weighted by atomic mass is 79.9. The zero-order valence-corrected chi connectivity index (χ0v) is 13.4. The monoisotopic (exact) mass is 341 g/mol. The molecule has 1 aromatic rings. The Balaban J connectivity index is 2.12. The average Bonchev–Trinajstić information content (AvgIpc) is 2.83. The van der Waals surface area contributed by atoms with Gasteiger partial charge in [-0.25, -0.2) is 4.98 Å². The van der Waals surface area contributed by atoms with E-state index in [-0.39, 0.29) is 18.1 Å². The first kappa shape index (κ1) is 15.3. The lowest BCUT2D eigenvalue weighted by molar-refractivity contribution is 0.0866. The van der Waals surface area contributed by atoms with Crippen molar-refractivity contribution < 1.29 is 9.53 Å². The highest BCUT2D eigenvalue weighted by molar-refractivity contribution is 9.10. The van der Waals surface area contributed by atoms with Crippen LogP contribution < -0.4 is 10.6 Å². The van der Waals surface area contributed by atoms with E-state index in [1.165, 1.54) is 0 Å². The summed E-state index contributed by atoms with van der Waals surface area (Å²) >= 11 is 3.36. The molecular formula is C14H20BrN3O2. The van der Waals surface area contributed by atoms with Crippen LogP contribution in [0, 0.1) is 0 Å². The van der Waals surface area contributed by atoms with Crippen molar-refractivity contribution in [1.29, 1.82) is 0 Å². The summed E-state index contributed by atoms with van der Waals surface area (Å²) in [5, 5.41) is 6.21. The number of nitrogens with one attached hydrogen (secondary N) is 2. The zero-order chi connectivity index (χ0) is 14.5. The fourth-order valence-corrected chi connectivity index (χ4v) is 2.50. The van der Waals surface area contributed by atoms with Crippen molar-refractivity contribution >= 4 is 27.7 Å². The molecule has 110 valence electrons. The summed E-state index contributed by atoms with van der Waals surface area (Å²) < 4.78 is 6.26. The Morgan fingerprint density at radius 2 is 2.40 bits per heavy atom. The molecule has 0 aliphatic carbocycles. The van der Waals surface area contributed by atoms with Gasteiger partial charge in [-0.05, 0) is 41.8 Å². The number of carbonyl (C=O) groups is 1. The van der Waals surface area contributed by atoms with Gasteiger partial charge in [0.1, 0.15) is 5.82 Å². The Hall–Kier alpha value is -1.14. The molecular weight excluding hydrogens is 322 g/mol. The Morgan fingerprint density at radius 1 is 1.60 bits per heavy atom. The molecule has 1 saturated heterocycles. The second-order valence-corrected chi connectivity index (χ2v) is 5.84. The SMILES string of the molecule is CCCNc1ncc(Br)cc1C(=O)NC1CCOC1C. The number of carbonyl (C=O) groups excluding carboxylic acids is 1. The first-order valence-electron chi connectivity index (χ1n) is 6.93. The summed E-state index contributed by atoms with van der Waals surface area (Å²) in [5.41, 5.74) is 0.562. The van der Waals surface area contributed by atoms with Gasteiger partial charge in [-0.3, -0.25) is 4.79 Å². The van der Waals surface area contributed by atoms with Crippen molar-refractivity contribution in [3.63, 3.8) is 0 Å². The summed E-state index contributed by atoms with van der Waals surface area (Å²) in [4.78, 5) is 16.7. The number of amides is 1. The van der Waals surface area contributed by atoms with Gasteiger partial charge in [-0.2, -0.15) is 0 Å². The lowest BCUT2D eigenvalue weighted by Crippen LogP contribution is -2.39. The van der Waals surface area contributed by atoms with Crippen molar-refractivity contribution in [3.8, 4) is 0 Å². The quantitative estimate of drug-likeness (QED) is 0.863. The molecule has 20 heavy (non-hydrogen) atoms. The van der Waals surface area contributed by atoms with Gasteiger partial charge in [-0.15, -0.1) is 0 Å². The molecule has 2 unspecified atom stereocenters. The summed E-state index contributed by atoms with van der Waals surface area (Å²) in [6, 6.07) is 1.86. The molecule has 0 aromatic carbocycles. The van der Waals surface area contributed by atoms with Gasteiger partial charge in [0.15, 0.2) is 0 Å². The third-order valence-electron chi connectivity index (χ3n) is 3.33. The van der Waals surface area contributed by atoms with E-state index in [2.05, 4.69) is 38.5 Å². The summed E-state index contributed by atoms with van der Waals surface area (Å²) in [5.74, 6) is 0.513. The zero-order valence-electron chi connectivity index (χ0n) is 11.8. The third-order valence-corrected chi connectivity index (χ3v) is 3.77. The van der Waals surface area contributed by atoms with E-state index in [9.17, 15) is 4.79 Å². The molecule has 6 heteroatoms. The largest absolute Gasteiger partial charge is 0.376 e. The van der Waals surface area contributed by atoms with Crippen LogP contribution in [-0.2, 0) is 4.74 Å². The molecule has 1 amide bonds. The predicted octanol–water partition coefficient (Wildman–Crippen LogP) is 2.57. The van der Waals surface area contributed by atoms with Crippen LogP contribution in [0.1, 0.15) is 37.0 Å². The molecule has 1 aromatic heterocycles. The van der Waals surface area contributed by atoms with Crippen LogP contribution in [-0.4, -0.2) is 36.2 Å². The van der Waals surface area contributed by atoms with Crippen LogP contribution in [0.2, 0.25) is 0 Å². The highest BCUT2D eigenvalue weighted by Gasteiger charge is 2.27. The van der Waals surface area contributed by atoms with E-state index in [1.54, 1.807) is 12.3 Å². The van der Waals surface area contributed by atoms with Gasteiger partial charge < -0.3 is 15.4 Å². The lowest BCUT2D eigenvalue weighted by atomic mass is 10.1. The first-order chi connectivity index (χ1) is 9.61. The topological polar surface area (TPSA) is 63.2 Å². The van der Waals surface area contributed by atoms with Crippen molar-refractivity contribution in [1.82, 2.24) is 10.3 Å². The van der Waals surface area contributed by atoms with Gasteiger partial charge >= 0.3 is 0 Å². The standard InChI is InChI=1S/C14H20BrN3O2/c1-3-5-16-13-11(7-10(15)8-17-13)14(19)18-12-4-6-20-9(12)2/h7-9,12H,3-6H2,1-2H3,(H,16,17)(H,18,19). The van der Waals surface area contributed by atoms with Crippen LogP contribution in [0.5, 0.6) is 0 Å². The van der Waals surface area contributed by atoms with Crippen molar-refractivity contribution in [2.75, 3.05) is 18.5 Å². The van der Waals surface area contributed by atoms with Gasteiger partial charge in [0.2, 0.25) is 0 Å². The predicted molar refractivity (Wildman–Crippen MR) is 82.0 cm³/mol. The van der Waals surface area contributed by atoms with E-state index in [0.29, 0.717) is 18.0 Å². The maximum absolute atomic E-state index is 12.4. The summed E-state index contributed by atoms with van der Waals surface area (Å²) in [6.07, 6.45) is 3.58. The number of rotatable bonds is 5. The second-order valence-electron chi connectivity index (χ2n) is 4.92. The number of anilines is 1. The number of halogens is 1. The molecule has 0 radical (unpaired) electrons. The van der Waals surface area contributed by atoms with Crippen LogP contribution in [0.3, 0.4) is 0 Å². The minimum Gasteiger partial charge on any atom is -0.376 e. The van der Waals surface area contributed by atoms with E-state index in [1.807, 2.05) is 6.92 Å². The number of pyridine rings is 1. The molecule has 1 aliphatic heterocycles. The Bertz CT molecular complexity index is 481. The number of aromatic nitrogens is 1. The van der Waals surface area contributed by atoms with Crippen LogP contribution >= 0.6 is 15.9 Å². The van der Waals surface area contributed by atoms with Gasteiger partial charge in [0.25, 0.3) is 5.91 Å². The number of nitrogens with zero attached hydrogens (tertiary/aromatic N) is 1. The minimum atomic E-state index is -0.111. The fraction of sp³-hybridized carbons (Fsp3) is 0.571. The van der Waals surface area contributed by atoms with Gasteiger partial charge in [0.05, 0.1) is 17.7 Å². The van der Waals surface area contributed by atoms with Gasteiger partial charge in [0, 0.05) is 23.8 Å². The molecule has 0 bridgehead atoms. The molecule has 2 atom stereocenters. The lowest BCUT2D eigenvalue weighted by Gasteiger charge is -2.17. The minimum absolute atomic E-state index is 0.0612. The normalized spacial score (nSPS) is 21.8. The second kappa shape index (κ2) is 7.04. The Morgan fingerprint density at radius 3 is 3.05 bits per heavy atom. The van der Waals surface area contributed by atoms with Crippen molar-refractivity contribution in [3.05, 3.63) is 22.3 Å².